The third-order valence-corrected chi connectivity index (χ3v) is 5.27. The molecule has 0 aliphatic carbocycles. The summed E-state index contributed by atoms with van der Waals surface area (Å²) in [6, 6.07) is -0.152. The van der Waals surface area contributed by atoms with Gasteiger partial charge in [-0.25, -0.2) is 9.78 Å². The molecule has 2 aliphatic rings. The standard InChI is InChI=1S/C16H22N4O4S/c1-2-24-14(22)11-4-3-6-19(9-11)13(21)8-12-10-25-16(18-12)20-7-5-17-15(20)23/h10-11H,2-9H2,1H3,(H,17,23). The van der Waals surface area contributed by atoms with E-state index in [0.29, 0.717) is 43.6 Å². The number of esters is 1. The van der Waals surface area contributed by atoms with Crippen molar-refractivity contribution in [3.05, 3.63) is 11.1 Å². The van der Waals surface area contributed by atoms with Crippen molar-refractivity contribution in [2.75, 3.05) is 37.7 Å². The molecular weight excluding hydrogens is 344 g/mol. The highest BCUT2D eigenvalue weighted by molar-refractivity contribution is 7.14. The van der Waals surface area contributed by atoms with Gasteiger partial charge in [-0.15, -0.1) is 11.3 Å². The molecule has 2 fully saturated rings. The van der Waals surface area contributed by atoms with Gasteiger partial charge in [0.05, 0.1) is 24.6 Å². The topological polar surface area (TPSA) is 91.8 Å². The fourth-order valence-corrected chi connectivity index (χ4v) is 3.93. The van der Waals surface area contributed by atoms with Gasteiger partial charge in [0.2, 0.25) is 5.91 Å². The summed E-state index contributed by atoms with van der Waals surface area (Å²) < 4.78 is 5.07. The van der Waals surface area contributed by atoms with Gasteiger partial charge < -0.3 is 15.0 Å². The molecule has 3 amide bonds. The zero-order chi connectivity index (χ0) is 17.8. The number of urea groups is 1. The Labute approximate surface area is 150 Å². The third-order valence-electron chi connectivity index (χ3n) is 4.35. The van der Waals surface area contributed by atoms with Crippen LogP contribution in [0, 0.1) is 5.92 Å². The highest BCUT2D eigenvalue weighted by Gasteiger charge is 2.30. The number of carbonyl (C=O) groups is 3. The van der Waals surface area contributed by atoms with Crippen LogP contribution in [0.2, 0.25) is 0 Å². The molecule has 2 saturated heterocycles. The van der Waals surface area contributed by atoms with E-state index in [4.69, 9.17) is 4.74 Å². The number of nitrogens with zero attached hydrogens (tertiary/aromatic N) is 3. The van der Waals surface area contributed by atoms with Gasteiger partial charge in [-0.05, 0) is 19.8 Å². The fraction of sp³-hybridized carbons (Fsp3) is 0.625. The lowest BCUT2D eigenvalue weighted by molar-refractivity contribution is -0.151. The molecule has 136 valence electrons. The van der Waals surface area contributed by atoms with Gasteiger partial charge in [0.15, 0.2) is 5.13 Å². The van der Waals surface area contributed by atoms with Gasteiger partial charge in [0.25, 0.3) is 0 Å². The molecule has 1 atom stereocenters. The molecule has 0 saturated carbocycles. The van der Waals surface area contributed by atoms with Crippen LogP contribution in [-0.4, -0.2) is 60.6 Å². The molecule has 0 radical (unpaired) electrons. The van der Waals surface area contributed by atoms with Crippen LogP contribution >= 0.6 is 11.3 Å². The van der Waals surface area contributed by atoms with Crippen molar-refractivity contribution in [2.24, 2.45) is 5.92 Å². The summed E-state index contributed by atoms with van der Waals surface area (Å²) in [5.74, 6) is -0.510. The van der Waals surface area contributed by atoms with Crippen molar-refractivity contribution in [1.82, 2.24) is 15.2 Å². The summed E-state index contributed by atoms with van der Waals surface area (Å²) in [4.78, 5) is 43.8. The predicted molar refractivity (Wildman–Crippen MR) is 92.5 cm³/mol. The number of hydrogen-bond acceptors (Lipinski definition) is 6. The van der Waals surface area contributed by atoms with Gasteiger partial charge >= 0.3 is 12.0 Å². The van der Waals surface area contributed by atoms with Crippen LogP contribution in [0.4, 0.5) is 9.93 Å². The van der Waals surface area contributed by atoms with Crippen molar-refractivity contribution in [3.8, 4) is 0 Å². The van der Waals surface area contributed by atoms with Gasteiger partial charge in [-0.2, -0.15) is 0 Å². The number of anilines is 1. The molecule has 0 bridgehead atoms. The maximum Gasteiger partial charge on any atom is 0.323 e. The lowest BCUT2D eigenvalue weighted by Crippen LogP contribution is -2.43. The molecule has 8 nitrogen and oxygen atoms in total. The number of amides is 3. The Bertz CT molecular complexity index is 662. The second kappa shape index (κ2) is 7.81. The Hall–Kier alpha value is -2.16. The zero-order valence-electron chi connectivity index (χ0n) is 14.2. The first-order chi connectivity index (χ1) is 12.1. The van der Waals surface area contributed by atoms with Crippen molar-refractivity contribution in [3.63, 3.8) is 0 Å². The molecule has 25 heavy (non-hydrogen) atoms. The maximum absolute atomic E-state index is 12.5. The number of rotatable bonds is 5. The summed E-state index contributed by atoms with van der Waals surface area (Å²) in [6.07, 6.45) is 1.74. The van der Waals surface area contributed by atoms with E-state index in [1.165, 1.54) is 11.3 Å². The van der Waals surface area contributed by atoms with E-state index >= 15 is 0 Å². The van der Waals surface area contributed by atoms with E-state index in [9.17, 15) is 14.4 Å². The summed E-state index contributed by atoms with van der Waals surface area (Å²) in [7, 11) is 0. The fourth-order valence-electron chi connectivity index (χ4n) is 3.08. The average Bonchev–Trinajstić information content (AvgIpc) is 3.24. The molecule has 0 aromatic carbocycles. The molecule has 1 N–H and O–H groups in total. The van der Waals surface area contributed by atoms with Crippen LogP contribution in [0.3, 0.4) is 0 Å². The average molecular weight is 366 g/mol. The van der Waals surface area contributed by atoms with E-state index < -0.39 is 0 Å². The van der Waals surface area contributed by atoms with Crippen LogP contribution in [0.15, 0.2) is 5.38 Å². The lowest BCUT2D eigenvalue weighted by atomic mass is 9.98. The van der Waals surface area contributed by atoms with Crippen molar-refractivity contribution < 1.29 is 19.1 Å². The Balaban J connectivity index is 1.57. The van der Waals surface area contributed by atoms with Crippen LogP contribution in [0.1, 0.15) is 25.5 Å². The number of thiazole rings is 1. The molecule has 1 aromatic rings. The normalized spacial score (nSPS) is 20.5. The number of carbonyl (C=O) groups excluding carboxylic acids is 3. The SMILES string of the molecule is CCOC(=O)C1CCCN(C(=O)Cc2csc(N3CCNC3=O)n2)C1. The number of likely N-dealkylation sites (tertiary alicyclic amines) is 1. The van der Waals surface area contributed by atoms with Crippen LogP contribution < -0.4 is 10.2 Å². The molecule has 9 heteroatoms. The van der Waals surface area contributed by atoms with Crippen molar-refractivity contribution in [2.45, 2.75) is 26.2 Å². The third kappa shape index (κ3) is 4.09. The Kier molecular flexibility index (Phi) is 5.52. The number of aromatic nitrogens is 1. The van der Waals surface area contributed by atoms with Crippen LogP contribution in [-0.2, 0) is 20.7 Å². The second-order valence-corrected chi connectivity index (χ2v) is 6.95. The molecule has 1 aromatic heterocycles. The highest BCUT2D eigenvalue weighted by atomic mass is 32.1. The van der Waals surface area contributed by atoms with Crippen molar-refractivity contribution >= 4 is 34.4 Å². The molecule has 3 rings (SSSR count). The summed E-state index contributed by atoms with van der Waals surface area (Å²) in [5.41, 5.74) is 0.656. The molecule has 3 heterocycles. The summed E-state index contributed by atoms with van der Waals surface area (Å²) in [6.45, 7) is 4.39. The van der Waals surface area contributed by atoms with Gasteiger partial charge in [0, 0.05) is 31.6 Å². The first-order valence-electron chi connectivity index (χ1n) is 8.52. The molecule has 2 aliphatic heterocycles. The van der Waals surface area contributed by atoms with Crippen LogP contribution in [0.5, 0.6) is 0 Å². The summed E-state index contributed by atoms with van der Waals surface area (Å²) in [5, 5.41) is 5.15. The maximum atomic E-state index is 12.5. The minimum absolute atomic E-state index is 0.0447. The van der Waals surface area contributed by atoms with Crippen LogP contribution in [0.25, 0.3) is 0 Å². The number of hydrogen-bond donors (Lipinski definition) is 1. The van der Waals surface area contributed by atoms with Crippen molar-refractivity contribution in [1.29, 1.82) is 0 Å². The summed E-state index contributed by atoms with van der Waals surface area (Å²) >= 11 is 1.36. The van der Waals surface area contributed by atoms with E-state index in [0.717, 1.165) is 12.8 Å². The van der Waals surface area contributed by atoms with E-state index in [1.54, 1.807) is 16.7 Å². The van der Waals surface area contributed by atoms with E-state index in [1.807, 2.05) is 5.38 Å². The smallest absolute Gasteiger partial charge is 0.323 e. The molecule has 0 spiro atoms. The Morgan fingerprint density at radius 1 is 1.44 bits per heavy atom. The zero-order valence-corrected chi connectivity index (χ0v) is 15.0. The second-order valence-electron chi connectivity index (χ2n) is 6.11. The Morgan fingerprint density at radius 3 is 3.00 bits per heavy atom. The van der Waals surface area contributed by atoms with Gasteiger partial charge in [0.1, 0.15) is 0 Å². The molecule has 1 unspecified atom stereocenters. The Morgan fingerprint density at radius 2 is 2.28 bits per heavy atom. The molecular formula is C16H22N4O4S. The highest BCUT2D eigenvalue weighted by Crippen LogP contribution is 2.23. The van der Waals surface area contributed by atoms with E-state index in [-0.39, 0.29) is 30.2 Å². The lowest BCUT2D eigenvalue weighted by Gasteiger charge is -2.31. The minimum atomic E-state index is -0.239. The first kappa shape index (κ1) is 17.7. The number of piperidine rings is 1. The monoisotopic (exact) mass is 366 g/mol. The first-order valence-corrected chi connectivity index (χ1v) is 9.40. The van der Waals surface area contributed by atoms with Gasteiger partial charge in [-0.1, -0.05) is 0 Å². The van der Waals surface area contributed by atoms with E-state index in [2.05, 4.69) is 10.3 Å². The largest absolute Gasteiger partial charge is 0.466 e. The quantitative estimate of drug-likeness (QED) is 0.786. The van der Waals surface area contributed by atoms with Gasteiger partial charge in [-0.3, -0.25) is 14.5 Å². The number of nitrogens with one attached hydrogen (secondary N) is 1. The predicted octanol–water partition coefficient (Wildman–Crippen LogP) is 1.02. The minimum Gasteiger partial charge on any atom is -0.466 e. The number of ether oxygens (including phenoxy) is 1.